The number of ether oxygens (including phenoxy) is 1. The van der Waals surface area contributed by atoms with Crippen LogP contribution in [0.25, 0.3) is 10.8 Å². The summed E-state index contributed by atoms with van der Waals surface area (Å²) in [5.41, 5.74) is 4.98. The van der Waals surface area contributed by atoms with Gasteiger partial charge in [-0.2, -0.15) is 5.10 Å². The van der Waals surface area contributed by atoms with Crippen molar-refractivity contribution in [2.24, 2.45) is 12.8 Å². The van der Waals surface area contributed by atoms with Crippen molar-refractivity contribution in [2.45, 2.75) is 13.0 Å². The van der Waals surface area contributed by atoms with Gasteiger partial charge >= 0.3 is 5.97 Å². The standard InChI is InChI=1S/C18H16N4O5S/c1-9(15(24)20-16-12(14(19)23)7-8-28-16)27-18(26)13-10-5-3-4-6-11(10)17(25)22(2)21-13/h3-9H,1-2H3,(H2,19,23)(H,20,24). The lowest BCUT2D eigenvalue weighted by molar-refractivity contribution is -0.123. The van der Waals surface area contributed by atoms with E-state index in [0.717, 1.165) is 16.0 Å². The minimum Gasteiger partial charge on any atom is -0.448 e. The molecule has 144 valence electrons. The number of nitrogens with two attached hydrogens (primary N) is 1. The molecule has 2 amide bonds. The van der Waals surface area contributed by atoms with Gasteiger partial charge in [0, 0.05) is 12.4 Å². The van der Waals surface area contributed by atoms with Gasteiger partial charge in [0.15, 0.2) is 11.8 Å². The average Bonchev–Trinajstić information content (AvgIpc) is 3.13. The van der Waals surface area contributed by atoms with Gasteiger partial charge in [-0.25, -0.2) is 9.48 Å². The van der Waals surface area contributed by atoms with Crippen LogP contribution in [0.4, 0.5) is 5.00 Å². The summed E-state index contributed by atoms with van der Waals surface area (Å²) in [6.07, 6.45) is -1.17. The lowest BCUT2D eigenvalue weighted by Gasteiger charge is -2.14. The van der Waals surface area contributed by atoms with Crippen molar-refractivity contribution in [1.82, 2.24) is 9.78 Å². The van der Waals surface area contributed by atoms with Gasteiger partial charge < -0.3 is 15.8 Å². The number of esters is 1. The average molecular weight is 400 g/mol. The van der Waals surface area contributed by atoms with Crippen LogP contribution < -0.4 is 16.6 Å². The molecule has 1 aromatic carbocycles. The Morgan fingerprint density at radius 1 is 1.21 bits per heavy atom. The number of benzene rings is 1. The van der Waals surface area contributed by atoms with Crippen LogP contribution in [0.1, 0.15) is 27.8 Å². The molecule has 0 aliphatic carbocycles. The molecule has 0 fully saturated rings. The molecular formula is C18H16N4O5S. The summed E-state index contributed by atoms with van der Waals surface area (Å²) in [5, 5.41) is 9.00. The van der Waals surface area contributed by atoms with E-state index in [1.54, 1.807) is 29.6 Å². The summed E-state index contributed by atoms with van der Waals surface area (Å²) in [4.78, 5) is 48.4. The first-order chi connectivity index (χ1) is 13.3. The molecule has 10 heteroatoms. The van der Waals surface area contributed by atoms with Crippen LogP contribution in [-0.4, -0.2) is 33.7 Å². The van der Waals surface area contributed by atoms with Gasteiger partial charge in [-0.1, -0.05) is 18.2 Å². The number of fused-ring (bicyclic) bond motifs is 1. The Kier molecular flexibility index (Phi) is 5.23. The lowest BCUT2D eigenvalue weighted by atomic mass is 10.1. The van der Waals surface area contributed by atoms with Gasteiger partial charge in [-0.05, 0) is 24.4 Å². The third kappa shape index (κ3) is 3.62. The summed E-state index contributed by atoms with van der Waals surface area (Å²) in [7, 11) is 1.42. The number of aromatic nitrogens is 2. The number of aryl methyl sites for hydroxylation is 1. The predicted octanol–water partition coefficient (Wildman–Crippen LogP) is 1.28. The van der Waals surface area contributed by atoms with Crippen LogP contribution in [0.5, 0.6) is 0 Å². The third-order valence-electron chi connectivity index (χ3n) is 3.97. The Balaban J connectivity index is 1.81. The molecular weight excluding hydrogens is 384 g/mol. The first-order valence-corrected chi connectivity index (χ1v) is 9.02. The Hall–Kier alpha value is -3.53. The highest BCUT2D eigenvalue weighted by molar-refractivity contribution is 7.14. The van der Waals surface area contributed by atoms with E-state index in [1.165, 1.54) is 20.0 Å². The Labute approximate surface area is 162 Å². The highest BCUT2D eigenvalue weighted by Gasteiger charge is 2.24. The van der Waals surface area contributed by atoms with Crippen LogP contribution >= 0.6 is 11.3 Å². The quantitative estimate of drug-likeness (QED) is 0.620. The van der Waals surface area contributed by atoms with Gasteiger partial charge in [0.05, 0.1) is 10.9 Å². The van der Waals surface area contributed by atoms with Gasteiger partial charge in [-0.15, -0.1) is 11.3 Å². The van der Waals surface area contributed by atoms with Crippen molar-refractivity contribution in [3.8, 4) is 0 Å². The number of hydrogen-bond acceptors (Lipinski definition) is 7. The molecule has 0 aliphatic rings. The number of thiophene rings is 1. The van der Waals surface area contributed by atoms with Crippen LogP contribution in [0.2, 0.25) is 0 Å². The molecule has 3 rings (SSSR count). The number of rotatable bonds is 5. The summed E-state index contributed by atoms with van der Waals surface area (Å²) >= 11 is 1.12. The SMILES string of the molecule is CC(OC(=O)c1nn(C)c(=O)c2ccccc12)C(=O)Nc1sccc1C(N)=O. The van der Waals surface area contributed by atoms with Crippen molar-refractivity contribution in [2.75, 3.05) is 5.32 Å². The van der Waals surface area contributed by atoms with Crippen molar-refractivity contribution in [3.05, 3.63) is 57.3 Å². The van der Waals surface area contributed by atoms with E-state index in [0.29, 0.717) is 10.8 Å². The fraction of sp³-hybridized carbons (Fsp3) is 0.167. The number of carbonyl (C=O) groups is 3. The summed E-state index contributed by atoms with van der Waals surface area (Å²) in [6, 6.07) is 7.98. The van der Waals surface area contributed by atoms with Crippen LogP contribution in [-0.2, 0) is 16.6 Å². The van der Waals surface area contributed by atoms with E-state index in [-0.39, 0.29) is 21.8 Å². The molecule has 2 heterocycles. The highest BCUT2D eigenvalue weighted by Crippen LogP contribution is 2.23. The monoisotopic (exact) mass is 400 g/mol. The lowest BCUT2D eigenvalue weighted by Crippen LogP contribution is -2.31. The molecule has 0 radical (unpaired) electrons. The Bertz CT molecular complexity index is 1150. The van der Waals surface area contributed by atoms with Gasteiger partial charge in [-0.3, -0.25) is 14.4 Å². The second kappa shape index (κ2) is 7.61. The molecule has 0 saturated heterocycles. The number of primary amides is 1. The molecule has 0 bridgehead atoms. The summed E-state index contributed by atoms with van der Waals surface area (Å²) < 4.78 is 6.25. The van der Waals surface area contributed by atoms with Crippen molar-refractivity contribution in [1.29, 1.82) is 0 Å². The molecule has 2 aromatic heterocycles. The Morgan fingerprint density at radius 3 is 2.57 bits per heavy atom. The second-order valence-corrected chi connectivity index (χ2v) is 6.80. The van der Waals surface area contributed by atoms with Crippen LogP contribution in [0.15, 0.2) is 40.5 Å². The zero-order chi connectivity index (χ0) is 20.4. The fourth-order valence-electron chi connectivity index (χ4n) is 2.53. The molecule has 1 atom stereocenters. The molecule has 28 heavy (non-hydrogen) atoms. The van der Waals surface area contributed by atoms with E-state index in [9.17, 15) is 19.2 Å². The minimum atomic E-state index is -1.17. The highest BCUT2D eigenvalue weighted by atomic mass is 32.1. The molecule has 1 unspecified atom stereocenters. The van der Waals surface area contributed by atoms with Crippen molar-refractivity contribution in [3.63, 3.8) is 0 Å². The summed E-state index contributed by atoms with van der Waals surface area (Å²) in [5.74, 6) is -2.16. The van der Waals surface area contributed by atoms with Crippen LogP contribution in [0, 0.1) is 0 Å². The molecule has 0 spiro atoms. The smallest absolute Gasteiger partial charge is 0.360 e. The third-order valence-corrected chi connectivity index (χ3v) is 4.80. The van der Waals surface area contributed by atoms with E-state index < -0.39 is 23.9 Å². The number of nitrogens with zero attached hydrogens (tertiary/aromatic N) is 2. The van der Waals surface area contributed by atoms with E-state index in [1.807, 2.05) is 0 Å². The van der Waals surface area contributed by atoms with Gasteiger partial charge in [0.1, 0.15) is 5.00 Å². The predicted molar refractivity (Wildman–Crippen MR) is 103 cm³/mol. The van der Waals surface area contributed by atoms with E-state index in [2.05, 4.69) is 10.4 Å². The van der Waals surface area contributed by atoms with E-state index in [4.69, 9.17) is 10.5 Å². The molecule has 3 aromatic rings. The van der Waals surface area contributed by atoms with Gasteiger partial charge in [0.25, 0.3) is 17.4 Å². The topological polar surface area (TPSA) is 133 Å². The second-order valence-electron chi connectivity index (χ2n) is 5.89. The maximum absolute atomic E-state index is 12.6. The molecule has 0 saturated carbocycles. The zero-order valence-electron chi connectivity index (χ0n) is 15.0. The molecule has 3 N–H and O–H groups in total. The number of carbonyl (C=O) groups excluding carboxylic acids is 3. The number of amides is 2. The number of hydrogen-bond donors (Lipinski definition) is 2. The molecule has 0 aliphatic heterocycles. The maximum Gasteiger partial charge on any atom is 0.360 e. The number of anilines is 1. The fourth-order valence-corrected chi connectivity index (χ4v) is 3.33. The first kappa shape index (κ1) is 19.2. The maximum atomic E-state index is 12.6. The number of nitrogens with one attached hydrogen (secondary N) is 1. The molecule has 9 nitrogen and oxygen atoms in total. The van der Waals surface area contributed by atoms with Crippen LogP contribution in [0.3, 0.4) is 0 Å². The zero-order valence-corrected chi connectivity index (χ0v) is 15.8. The summed E-state index contributed by atoms with van der Waals surface area (Å²) in [6.45, 7) is 1.38. The van der Waals surface area contributed by atoms with Crippen molar-refractivity contribution >= 4 is 44.9 Å². The normalized spacial score (nSPS) is 11.8. The minimum absolute atomic E-state index is 0.0775. The first-order valence-electron chi connectivity index (χ1n) is 8.14. The Morgan fingerprint density at radius 2 is 1.89 bits per heavy atom. The van der Waals surface area contributed by atoms with E-state index >= 15 is 0 Å². The van der Waals surface area contributed by atoms with Crippen molar-refractivity contribution < 1.29 is 19.1 Å². The van der Waals surface area contributed by atoms with Gasteiger partial charge in [0.2, 0.25) is 0 Å². The largest absolute Gasteiger partial charge is 0.448 e.